The molecule has 1 heterocycles. The van der Waals surface area contributed by atoms with Gasteiger partial charge in [-0.1, -0.05) is 30.5 Å². The van der Waals surface area contributed by atoms with Crippen LogP contribution in [0.2, 0.25) is 0 Å². The van der Waals surface area contributed by atoms with E-state index in [1.165, 1.54) is 33.5 Å². The summed E-state index contributed by atoms with van der Waals surface area (Å²) in [5, 5.41) is 17.3. The van der Waals surface area contributed by atoms with Crippen molar-refractivity contribution in [3.05, 3.63) is 21.5 Å². The Morgan fingerprint density at radius 1 is 1.58 bits per heavy atom. The van der Waals surface area contributed by atoms with E-state index in [1.54, 1.807) is 6.92 Å². The molecule has 1 atom stereocenters. The van der Waals surface area contributed by atoms with Gasteiger partial charge in [-0.25, -0.2) is 0 Å². The largest absolute Gasteiger partial charge is 0.753 e. The summed E-state index contributed by atoms with van der Waals surface area (Å²) in [7, 11) is 0. The van der Waals surface area contributed by atoms with Crippen molar-refractivity contribution < 1.29 is 22.8 Å². The van der Waals surface area contributed by atoms with Gasteiger partial charge in [-0.15, -0.1) is 0 Å². The molecule has 0 spiro atoms. The third kappa shape index (κ3) is 5.36. The first-order chi connectivity index (χ1) is 8.83. The number of thiazole rings is 1. The van der Waals surface area contributed by atoms with Crippen LogP contribution in [0.3, 0.4) is 0 Å². The monoisotopic (exact) mass is 312 g/mol. The molecule has 108 valence electrons. The zero-order chi connectivity index (χ0) is 15.1. The van der Waals surface area contributed by atoms with E-state index in [0.29, 0.717) is 12.1 Å². The Kier molecular flexibility index (Phi) is 8.01. The van der Waals surface area contributed by atoms with Gasteiger partial charge in [0.15, 0.2) is 5.69 Å². The first-order valence-corrected chi connectivity index (χ1v) is 6.79. The van der Waals surface area contributed by atoms with Crippen molar-refractivity contribution in [3.8, 4) is 0 Å². The molecule has 0 aliphatic rings. The van der Waals surface area contributed by atoms with Crippen molar-refractivity contribution in [2.24, 2.45) is 0 Å². The summed E-state index contributed by atoms with van der Waals surface area (Å²) in [6, 6.07) is -1.46. The van der Waals surface area contributed by atoms with Crippen molar-refractivity contribution in [2.45, 2.75) is 38.9 Å². The van der Waals surface area contributed by atoms with E-state index in [-0.39, 0.29) is 13.0 Å². The second-order valence-electron chi connectivity index (χ2n) is 3.67. The normalized spacial score (nSPS) is 12.3. The molecule has 1 rings (SSSR count). The van der Waals surface area contributed by atoms with Crippen LogP contribution >= 0.6 is 23.6 Å². The third-order valence-electron chi connectivity index (χ3n) is 2.54. The molecule has 0 saturated carbocycles. The van der Waals surface area contributed by atoms with Gasteiger partial charge in [0, 0.05) is 26.4 Å². The molecular formula is C11H15F3N2OS2. The highest BCUT2D eigenvalue weighted by molar-refractivity contribution is 7.78. The highest BCUT2D eigenvalue weighted by Crippen LogP contribution is 2.30. The molecule has 0 aliphatic carbocycles. The fourth-order valence-corrected chi connectivity index (χ4v) is 2.69. The number of aliphatic hydroxyl groups excluding tert-OH is 1. The smallest absolute Gasteiger partial charge is 0.451 e. The van der Waals surface area contributed by atoms with Crippen LogP contribution in [0, 0.1) is 6.92 Å². The maximum atomic E-state index is 12.7. The number of aromatic nitrogens is 1. The number of alkyl halides is 3. The molecule has 8 heteroatoms. The number of hydrogen-bond acceptors (Lipinski definition) is 3. The molecule has 0 radical (unpaired) electrons. The Balaban J connectivity index is 0.000000982. The summed E-state index contributed by atoms with van der Waals surface area (Å²) in [6.45, 7) is 3.15. The number of hydrogen-bond donors (Lipinski definition) is 1. The van der Waals surface area contributed by atoms with Crippen LogP contribution in [0.4, 0.5) is 13.2 Å². The molecule has 0 aromatic carbocycles. The van der Waals surface area contributed by atoms with Crippen molar-refractivity contribution in [3.63, 3.8) is 0 Å². The van der Waals surface area contributed by atoms with Gasteiger partial charge in [0.1, 0.15) is 0 Å². The van der Waals surface area contributed by atoms with Crippen molar-refractivity contribution >= 4 is 28.7 Å². The Morgan fingerprint density at radius 2 is 2.11 bits per heavy atom. The number of aliphatic hydroxyl groups is 1. The molecule has 3 nitrogen and oxygen atoms in total. The molecule has 1 unspecified atom stereocenters. The fraction of sp³-hybridized carbons (Fsp3) is 0.636. The van der Waals surface area contributed by atoms with Crippen molar-refractivity contribution in [1.82, 2.24) is 0 Å². The molecular weight excluding hydrogens is 297 g/mol. The minimum Gasteiger partial charge on any atom is -0.753 e. The average molecular weight is 312 g/mol. The van der Waals surface area contributed by atoms with E-state index in [0.717, 1.165) is 4.88 Å². The molecule has 0 saturated heterocycles. The number of isothiocyanates is 1. The highest BCUT2D eigenvalue weighted by atomic mass is 32.1. The van der Waals surface area contributed by atoms with Gasteiger partial charge in [0.25, 0.3) is 6.04 Å². The highest BCUT2D eigenvalue weighted by Gasteiger charge is 2.47. The molecule has 1 aromatic rings. The van der Waals surface area contributed by atoms with Crippen LogP contribution in [-0.4, -0.2) is 23.1 Å². The van der Waals surface area contributed by atoms with Crippen LogP contribution < -0.4 is 4.57 Å². The SMILES string of the molecule is CCC([n+]1csc(CCO)c1C)C(F)(F)F.[N-]=C=S. The van der Waals surface area contributed by atoms with E-state index < -0.39 is 12.2 Å². The van der Waals surface area contributed by atoms with Crippen LogP contribution in [0.25, 0.3) is 5.41 Å². The Bertz CT molecular complexity index is 426. The minimum absolute atomic E-state index is 0.0182. The second-order valence-corrected chi connectivity index (χ2v) is 4.79. The van der Waals surface area contributed by atoms with E-state index in [4.69, 9.17) is 10.5 Å². The second kappa shape index (κ2) is 8.37. The Labute approximate surface area is 119 Å². The summed E-state index contributed by atoms with van der Waals surface area (Å²) in [4.78, 5) is 0.810. The van der Waals surface area contributed by atoms with Gasteiger partial charge in [-0.05, 0) is 0 Å². The first kappa shape index (κ1) is 18.2. The molecule has 0 fully saturated rings. The predicted octanol–water partition coefficient (Wildman–Crippen LogP) is 3.05. The van der Waals surface area contributed by atoms with Crippen LogP contribution in [-0.2, 0) is 6.42 Å². The molecule has 19 heavy (non-hydrogen) atoms. The minimum atomic E-state index is -4.22. The quantitative estimate of drug-likeness (QED) is 0.528. The Hall–Kier alpha value is -0.820. The lowest BCUT2D eigenvalue weighted by Crippen LogP contribution is -2.47. The Morgan fingerprint density at radius 3 is 2.47 bits per heavy atom. The van der Waals surface area contributed by atoms with Gasteiger partial charge in [-0.3, -0.25) is 0 Å². The van der Waals surface area contributed by atoms with Gasteiger partial charge in [-0.2, -0.15) is 22.9 Å². The average Bonchev–Trinajstić information content (AvgIpc) is 2.63. The summed E-state index contributed by atoms with van der Waals surface area (Å²) in [5.74, 6) is 0. The lowest BCUT2D eigenvalue weighted by molar-refractivity contribution is -0.748. The van der Waals surface area contributed by atoms with E-state index in [2.05, 4.69) is 12.2 Å². The predicted molar refractivity (Wildman–Crippen MR) is 71.4 cm³/mol. The summed E-state index contributed by atoms with van der Waals surface area (Å²) in [5.41, 5.74) is 2.09. The van der Waals surface area contributed by atoms with E-state index in [1.807, 2.05) is 0 Å². The number of thiocarbonyl (C=S) groups is 1. The number of nitrogens with zero attached hydrogens (tertiary/aromatic N) is 2. The van der Waals surface area contributed by atoms with Gasteiger partial charge in [0.05, 0.1) is 4.88 Å². The lowest BCUT2D eigenvalue weighted by Gasteiger charge is -2.13. The van der Waals surface area contributed by atoms with Crippen LogP contribution in [0.1, 0.15) is 30.0 Å². The molecule has 0 amide bonds. The standard InChI is InChI=1S/C10H15F3NOS.CNS/c1-3-9(10(11,12)13)14-6-16-8(4-5-15)7(14)2;2-1-3/h6,9,15H,3-5H2,1-2H3;/q+1;-1. The fourth-order valence-electron chi connectivity index (χ4n) is 1.66. The lowest BCUT2D eigenvalue weighted by atomic mass is 10.2. The zero-order valence-electron chi connectivity index (χ0n) is 10.6. The van der Waals surface area contributed by atoms with Gasteiger partial charge >= 0.3 is 6.18 Å². The summed E-state index contributed by atoms with van der Waals surface area (Å²) < 4.78 is 39.4. The summed E-state index contributed by atoms with van der Waals surface area (Å²) in [6.07, 6.45) is -3.79. The number of rotatable bonds is 4. The molecule has 1 aromatic heterocycles. The summed E-state index contributed by atoms with van der Waals surface area (Å²) >= 11 is 4.96. The maximum Gasteiger partial charge on any atom is 0.451 e. The zero-order valence-corrected chi connectivity index (χ0v) is 12.2. The van der Waals surface area contributed by atoms with Crippen molar-refractivity contribution in [2.75, 3.05) is 6.61 Å². The van der Waals surface area contributed by atoms with Gasteiger partial charge in [0.2, 0.25) is 5.51 Å². The van der Waals surface area contributed by atoms with E-state index in [9.17, 15) is 13.2 Å². The topological polar surface area (TPSA) is 46.4 Å². The third-order valence-corrected chi connectivity index (χ3v) is 3.66. The molecule has 0 aliphatic heterocycles. The van der Waals surface area contributed by atoms with Gasteiger partial charge < -0.3 is 10.5 Å². The first-order valence-electron chi connectivity index (χ1n) is 5.50. The van der Waals surface area contributed by atoms with Crippen LogP contribution in [0.15, 0.2) is 5.51 Å². The van der Waals surface area contributed by atoms with E-state index >= 15 is 0 Å². The molecule has 1 N–H and O–H groups in total. The number of halogens is 3. The maximum absolute atomic E-state index is 12.7. The molecule has 0 bridgehead atoms. The van der Waals surface area contributed by atoms with Crippen molar-refractivity contribution in [1.29, 1.82) is 0 Å². The van der Waals surface area contributed by atoms with Crippen LogP contribution in [0.5, 0.6) is 0 Å².